The topological polar surface area (TPSA) is 72.8 Å². The highest BCUT2D eigenvalue weighted by Gasteiger charge is 2.28. The zero-order chi connectivity index (χ0) is 21.9. The number of ether oxygens (including phenoxy) is 2. The predicted molar refractivity (Wildman–Crippen MR) is 120 cm³/mol. The Bertz CT molecular complexity index is 1120. The average Bonchev–Trinajstić information content (AvgIpc) is 3.24. The Labute approximate surface area is 186 Å². The van der Waals surface area contributed by atoms with Gasteiger partial charge in [-0.15, -0.1) is 0 Å². The number of imide groups is 1. The van der Waals surface area contributed by atoms with Crippen molar-refractivity contribution in [3.8, 4) is 5.75 Å². The van der Waals surface area contributed by atoms with Crippen molar-refractivity contribution in [1.82, 2.24) is 14.8 Å². The quantitative estimate of drug-likeness (QED) is 0.605. The molecule has 1 aromatic heterocycles. The van der Waals surface area contributed by atoms with Crippen LogP contribution in [0.3, 0.4) is 0 Å². The number of morpholine rings is 1. The Hall–Kier alpha value is -3.16. The van der Waals surface area contributed by atoms with Gasteiger partial charge in [0.25, 0.3) is 0 Å². The van der Waals surface area contributed by atoms with Crippen LogP contribution in [0, 0.1) is 0 Å². The number of benzene rings is 2. The summed E-state index contributed by atoms with van der Waals surface area (Å²) in [5.74, 6) is 0.329. The Morgan fingerprint density at radius 2 is 1.78 bits per heavy atom. The maximum atomic E-state index is 12.2. The van der Waals surface area contributed by atoms with Crippen molar-refractivity contribution in [2.24, 2.45) is 0 Å². The molecule has 0 radical (unpaired) electrons. The molecule has 2 aliphatic rings. The highest BCUT2D eigenvalue weighted by Crippen LogP contribution is 2.30. The molecule has 1 atom stereocenters. The summed E-state index contributed by atoms with van der Waals surface area (Å²) in [7, 11) is 0. The molecular weight excluding hydrogens is 406 g/mol. The molecule has 2 saturated heterocycles. The maximum Gasteiger partial charge on any atom is 0.249 e. The molecule has 0 bridgehead atoms. The molecule has 32 heavy (non-hydrogen) atoms. The molecule has 0 aliphatic carbocycles. The summed E-state index contributed by atoms with van der Waals surface area (Å²) in [5.41, 5.74) is 2.40. The Balaban J connectivity index is 1.25. The Morgan fingerprint density at radius 1 is 1.00 bits per heavy atom. The number of hydrogen-bond donors (Lipinski definition) is 1. The van der Waals surface area contributed by atoms with E-state index in [1.165, 1.54) is 5.56 Å². The van der Waals surface area contributed by atoms with E-state index < -0.39 is 0 Å². The van der Waals surface area contributed by atoms with Gasteiger partial charge < -0.3 is 14.0 Å². The van der Waals surface area contributed by atoms with Gasteiger partial charge in [-0.3, -0.25) is 19.8 Å². The van der Waals surface area contributed by atoms with Gasteiger partial charge in [-0.05, 0) is 23.6 Å². The number of fused-ring (bicyclic) bond motifs is 1. The largest absolute Gasteiger partial charge is 0.488 e. The van der Waals surface area contributed by atoms with Crippen molar-refractivity contribution in [1.29, 1.82) is 0 Å². The molecule has 3 aromatic rings. The first-order valence-corrected chi connectivity index (χ1v) is 11.1. The lowest BCUT2D eigenvalue weighted by molar-refractivity contribution is -0.135. The van der Waals surface area contributed by atoms with Gasteiger partial charge in [-0.1, -0.05) is 36.4 Å². The molecule has 0 saturated carbocycles. The monoisotopic (exact) mass is 433 g/mol. The molecule has 166 valence electrons. The van der Waals surface area contributed by atoms with Gasteiger partial charge in [-0.2, -0.15) is 0 Å². The second-order valence-electron chi connectivity index (χ2n) is 8.43. The van der Waals surface area contributed by atoms with Crippen molar-refractivity contribution in [3.63, 3.8) is 0 Å². The fraction of sp³-hybridized carbons (Fsp3) is 0.360. The maximum absolute atomic E-state index is 12.2. The van der Waals surface area contributed by atoms with Gasteiger partial charge in [0.1, 0.15) is 18.4 Å². The van der Waals surface area contributed by atoms with Crippen LogP contribution < -0.4 is 10.1 Å². The number of aromatic nitrogens is 1. The molecule has 7 nitrogen and oxygen atoms in total. The highest BCUT2D eigenvalue weighted by atomic mass is 16.5. The summed E-state index contributed by atoms with van der Waals surface area (Å²) in [5, 5.41) is 4.39. The van der Waals surface area contributed by atoms with Crippen LogP contribution in [0.1, 0.15) is 30.0 Å². The van der Waals surface area contributed by atoms with E-state index in [0.717, 1.165) is 54.9 Å². The summed E-state index contributed by atoms with van der Waals surface area (Å²) >= 11 is 0. The highest BCUT2D eigenvalue weighted by molar-refractivity contribution is 6.00. The minimum Gasteiger partial charge on any atom is -0.488 e. The minimum atomic E-state index is -0.369. The standard InChI is InChI=1S/C25H27N3O4/c29-24-9-8-22(25(30)26-24)28-15-20-2-1-3-23(21(20)16-28)32-17-19-6-4-18(5-7-19)14-27-10-12-31-13-11-27/h1-7,15-16,22H,8-14,17H2,(H,26,29,30). The van der Waals surface area contributed by atoms with Gasteiger partial charge in [0.15, 0.2) is 0 Å². The third kappa shape index (κ3) is 4.54. The van der Waals surface area contributed by atoms with Gasteiger partial charge in [0.05, 0.1) is 13.2 Å². The molecule has 1 N–H and O–H groups in total. The number of nitrogens with one attached hydrogen (secondary N) is 1. The summed E-state index contributed by atoms with van der Waals surface area (Å²) in [6.45, 7) is 4.99. The van der Waals surface area contributed by atoms with E-state index in [4.69, 9.17) is 9.47 Å². The number of carbonyl (C=O) groups excluding carboxylic acids is 2. The van der Waals surface area contributed by atoms with Crippen LogP contribution >= 0.6 is 0 Å². The fourth-order valence-corrected chi connectivity index (χ4v) is 4.35. The second-order valence-corrected chi connectivity index (χ2v) is 8.43. The van der Waals surface area contributed by atoms with Crippen molar-refractivity contribution in [3.05, 3.63) is 66.0 Å². The summed E-state index contributed by atoms with van der Waals surface area (Å²) in [4.78, 5) is 26.1. The van der Waals surface area contributed by atoms with Crippen LogP contribution in [0.5, 0.6) is 5.75 Å². The van der Waals surface area contributed by atoms with Crippen LogP contribution in [-0.2, 0) is 27.5 Å². The van der Waals surface area contributed by atoms with Crippen LogP contribution in [0.25, 0.3) is 10.8 Å². The number of nitrogens with zero attached hydrogens (tertiary/aromatic N) is 2. The lowest BCUT2D eigenvalue weighted by Gasteiger charge is -2.26. The van der Waals surface area contributed by atoms with E-state index in [1.807, 2.05) is 35.2 Å². The minimum absolute atomic E-state index is 0.206. The molecule has 2 aromatic carbocycles. The molecule has 5 rings (SSSR count). The predicted octanol–water partition coefficient (Wildman–Crippen LogP) is 3.03. The zero-order valence-corrected chi connectivity index (χ0v) is 18.0. The van der Waals surface area contributed by atoms with Crippen molar-refractivity contribution in [2.45, 2.75) is 32.0 Å². The zero-order valence-electron chi connectivity index (χ0n) is 18.0. The summed E-state index contributed by atoms with van der Waals surface area (Å²) in [6, 6.07) is 14.1. The lowest BCUT2D eigenvalue weighted by atomic mass is 10.1. The van der Waals surface area contributed by atoms with Gasteiger partial charge in [-0.25, -0.2) is 0 Å². The third-order valence-electron chi connectivity index (χ3n) is 6.16. The molecule has 3 heterocycles. The van der Waals surface area contributed by atoms with Crippen molar-refractivity contribution >= 4 is 22.6 Å². The third-order valence-corrected chi connectivity index (χ3v) is 6.16. The van der Waals surface area contributed by atoms with Crippen LogP contribution in [0.4, 0.5) is 0 Å². The smallest absolute Gasteiger partial charge is 0.249 e. The van der Waals surface area contributed by atoms with E-state index in [-0.39, 0.29) is 17.9 Å². The molecule has 2 aliphatic heterocycles. The van der Waals surface area contributed by atoms with Gasteiger partial charge >= 0.3 is 0 Å². The SMILES string of the molecule is O=C1CCC(n2cc3cccc(OCc4ccc(CN5CCOCC5)cc4)c3c2)C(=O)N1. The number of piperidine rings is 1. The van der Waals surface area contributed by atoms with Crippen LogP contribution in [0.2, 0.25) is 0 Å². The van der Waals surface area contributed by atoms with E-state index in [1.54, 1.807) is 0 Å². The van der Waals surface area contributed by atoms with Crippen molar-refractivity contribution in [2.75, 3.05) is 26.3 Å². The van der Waals surface area contributed by atoms with Gasteiger partial charge in [0, 0.05) is 49.2 Å². The number of rotatable bonds is 6. The second kappa shape index (κ2) is 9.14. The average molecular weight is 434 g/mol. The van der Waals surface area contributed by atoms with E-state index in [2.05, 4.69) is 34.5 Å². The first-order valence-electron chi connectivity index (χ1n) is 11.1. The number of amides is 2. The summed E-state index contributed by atoms with van der Waals surface area (Å²) < 4.78 is 13.4. The molecule has 0 spiro atoms. The molecular formula is C25H27N3O4. The van der Waals surface area contributed by atoms with E-state index >= 15 is 0 Å². The Kier molecular flexibility index (Phi) is 5.92. The number of hydrogen-bond acceptors (Lipinski definition) is 5. The summed E-state index contributed by atoms with van der Waals surface area (Å²) in [6.07, 6.45) is 4.76. The molecule has 7 heteroatoms. The molecule has 1 unspecified atom stereocenters. The first kappa shape index (κ1) is 20.7. The van der Waals surface area contributed by atoms with Crippen LogP contribution in [0.15, 0.2) is 54.9 Å². The molecule has 2 amide bonds. The lowest BCUT2D eigenvalue weighted by Crippen LogP contribution is -2.41. The van der Waals surface area contributed by atoms with Crippen molar-refractivity contribution < 1.29 is 19.1 Å². The normalized spacial score (nSPS) is 19.8. The van der Waals surface area contributed by atoms with E-state index in [9.17, 15) is 9.59 Å². The molecule has 2 fully saturated rings. The fourth-order valence-electron chi connectivity index (χ4n) is 4.35. The van der Waals surface area contributed by atoms with Gasteiger partial charge in [0.2, 0.25) is 11.8 Å². The number of carbonyl (C=O) groups is 2. The van der Waals surface area contributed by atoms with Crippen LogP contribution in [-0.4, -0.2) is 47.6 Å². The van der Waals surface area contributed by atoms with E-state index in [0.29, 0.717) is 19.4 Å². The Morgan fingerprint density at radius 3 is 2.56 bits per heavy atom. The first-order chi connectivity index (χ1) is 15.7.